The lowest BCUT2D eigenvalue weighted by Crippen LogP contribution is -2.23. The lowest BCUT2D eigenvalue weighted by atomic mass is 10.1. The van der Waals surface area contributed by atoms with Gasteiger partial charge in [-0.1, -0.05) is 23.7 Å². The zero-order chi connectivity index (χ0) is 15.6. The van der Waals surface area contributed by atoms with E-state index >= 15 is 0 Å². The second-order valence-corrected chi connectivity index (χ2v) is 6.12. The summed E-state index contributed by atoms with van der Waals surface area (Å²) in [7, 11) is 0. The van der Waals surface area contributed by atoms with Crippen LogP contribution in [-0.4, -0.2) is 5.91 Å². The van der Waals surface area contributed by atoms with E-state index in [4.69, 9.17) is 11.6 Å². The molecule has 1 N–H and O–H groups in total. The van der Waals surface area contributed by atoms with Crippen LogP contribution in [-0.2, 0) is 6.54 Å². The molecule has 0 aromatic heterocycles. The Hall–Kier alpha value is -1.39. The fraction of sp³-hybridized carbons (Fsp3) is 0.188. The van der Waals surface area contributed by atoms with Gasteiger partial charge in [0.05, 0.1) is 5.02 Å². The van der Waals surface area contributed by atoms with E-state index in [0.717, 1.165) is 5.56 Å². The normalized spacial score (nSPS) is 10.5. The molecule has 0 saturated heterocycles. The van der Waals surface area contributed by atoms with E-state index < -0.39 is 0 Å². The van der Waals surface area contributed by atoms with Gasteiger partial charge in [-0.15, -0.1) is 0 Å². The number of hydrogen-bond acceptors (Lipinski definition) is 1. The standard InChI is InChI=1S/C16H14BrClFNO/c1-9-5-11(6-10(2)15(9)19)8-20-16(21)12-3-4-14(18)13(17)7-12/h3-7H,8H2,1-2H3,(H,20,21). The van der Waals surface area contributed by atoms with Gasteiger partial charge in [0, 0.05) is 16.6 Å². The third kappa shape index (κ3) is 3.83. The van der Waals surface area contributed by atoms with E-state index in [0.29, 0.717) is 32.7 Å². The predicted molar refractivity (Wildman–Crippen MR) is 86.2 cm³/mol. The van der Waals surface area contributed by atoms with Gasteiger partial charge in [-0.2, -0.15) is 0 Å². The average molecular weight is 371 g/mol. The minimum Gasteiger partial charge on any atom is -0.348 e. The molecule has 0 aliphatic carbocycles. The van der Waals surface area contributed by atoms with Crippen molar-refractivity contribution in [3.05, 3.63) is 67.9 Å². The van der Waals surface area contributed by atoms with Crippen molar-refractivity contribution in [2.75, 3.05) is 0 Å². The first kappa shape index (κ1) is 16.0. The minimum absolute atomic E-state index is 0.202. The Labute approximate surface area is 136 Å². The number of nitrogens with one attached hydrogen (secondary N) is 1. The lowest BCUT2D eigenvalue weighted by Gasteiger charge is -2.09. The quantitative estimate of drug-likeness (QED) is 0.827. The molecule has 0 spiro atoms. The van der Waals surface area contributed by atoms with Crippen molar-refractivity contribution in [1.82, 2.24) is 5.32 Å². The highest BCUT2D eigenvalue weighted by molar-refractivity contribution is 9.10. The summed E-state index contributed by atoms with van der Waals surface area (Å²) in [5.74, 6) is -0.404. The Morgan fingerprint density at radius 2 is 1.86 bits per heavy atom. The summed E-state index contributed by atoms with van der Waals surface area (Å²) in [6, 6.07) is 8.45. The van der Waals surface area contributed by atoms with Crippen molar-refractivity contribution in [3.8, 4) is 0 Å². The summed E-state index contributed by atoms with van der Waals surface area (Å²) in [6.07, 6.45) is 0. The maximum Gasteiger partial charge on any atom is 0.251 e. The van der Waals surface area contributed by atoms with Crippen LogP contribution in [0.3, 0.4) is 0 Å². The van der Waals surface area contributed by atoms with Gasteiger partial charge < -0.3 is 5.32 Å². The number of carbonyl (C=O) groups excluding carboxylic acids is 1. The molecule has 5 heteroatoms. The van der Waals surface area contributed by atoms with E-state index in [1.807, 2.05) is 0 Å². The number of carbonyl (C=O) groups is 1. The highest BCUT2D eigenvalue weighted by atomic mass is 79.9. The van der Waals surface area contributed by atoms with E-state index in [1.54, 1.807) is 44.2 Å². The second kappa shape index (κ2) is 6.58. The van der Waals surface area contributed by atoms with Gasteiger partial charge in [-0.3, -0.25) is 4.79 Å². The summed E-state index contributed by atoms with van der Waals surface area (Å²) in [5.41, 5.74) is 2.54. The maximum absolute atomic E-state index is 13.6. The summed E-state index contributed by atoms with van der Waals surface area (Å²) < 4.78 is 14.2. The molecule has 2 aromatic rings. The van der Waals surface area contributed by atoms with Crippen molar-refractivity contribution in [2.24, 2.45) is 0 Å². The Morgan fingerprint density at radius 3 is 2.43 bits per heavy atom. The third-order valence-electron chi connectivity index (χ3n) is 3.13. The Balaban J connectivity index is 2.09. The monoisotopic (exact) mass is 369 g/mol. The Morgan fingerprint density at radius 1 is 1.24 bits per heavy atom. The van der Waals surface area contributed by atoms with E-state index in [9.17, 15) is 9.18 Å². The number of hydrogen-bond donors (Lipinski definition) is 1. The molecule has 0 heterocycles. The molecule has 0 bridgehead atoms. The van der Waals surface area contributed by atoms with Crippen molar-refractivity contribution in [2.45, 2.75) is 20.4 Å². The van der Waals surface area contributed by atoms with Gasteiger partial charge in [0.25, 0.3) is 5.91 Å². The smallest absolute Gasteiger partial charge is 0.251 e. The van der Waals surface area contributed by atoms with Gasteiger partial charge in [0.1, 0.15) is 5.82 Å². The van der Waals surface area contributed by atoms with Crippen LogP contribution in [0.4, 0.5) is 4.39 Å². The Bertz CT molecular complexity index is 680. The van der Waals surface area contributed by atoms with Gasteiger partial charge >= 0.3 is 0 Å². The summed E-state index contributed by atoms with van der Waals surface area (Å²) in [6.45, 7) is 3.77. The molecule has 0 aliphatic rings. The first-order chi connectivity index (χ1) is 9.88. The molecule has 21 heavy (non-hydrogen) atoms. The largest absolute Gasteiger partial charge is 0.348 e. The zero-order valence-corrected chi connectivity index (χ0v) is 14.0. The van der Waals surface area contributed by atoms with Crippen molar-refractivity contribution >= 4 is 33.4 Å². The summed E-state index contributed by atoms with van der Waals surface area (Å²) >= 11 is 9.18. The van der Waals surface area contributed by atoms with Crippen LogP contribution in [0.1, 0.15) is 27.0 Å². The molecule has 0 unspecified atom stereocenters. The van der Waals surface area contributed by atoms with E-state index in [-0.39, 0.29) is 11.7 Å². The third-order valence-corrected chi connectivity index (χ3v) is 4.35. The molecular formula is C16H14BrClFNO. The van der Waals surface area contributed by atoms with E-state index in [1.165, 1.54) is 0 Å². The van der Waals surface area contributed by atoms with Gasteiger partial charge in [-0.25, -0.2) is 4.39 Å². The first-order valence-corrected chi connectivity index (χ1v) is 7.54. The van der Waals surface area contributed by atoms with Crippen molar-refractivity contribution in [3.63, 3.8) is 0 Å². The molecule has 0 saturated carbocycles. The SMILES string of the molecule is Cc1cc(CNC(=O)c2ccc(Cl)c(Br)c2)cc(C)c1F. The topological polar surface area (TPSA) is 29.1 Å². The fourth-order valence-electron chi connectivity index (χ4n) is 2.06. The van der Waals surface area contributed by atoms with Gasteiger partial charge in [0.15, 0.2) is 0 Å². The van der Waals surface area contributed by atoms with Crippen LogP contribution >= 0.6 is 27.5 Å². The number of halogens is 3. The number of amides is 1. The number of benzene rings is 2. The van der Waals surface area contributed by atoms with Crippen molar-refractivity contribution < 1.29 is 9.18 Å². The molecule has 110 valence electrons. The van der Waals surface area contributed by atoms with Crippen molar-refractivity contribution in [1.29, 1.82) is 0 Å². The molecule has 0 radical (unpaired) electrons. The molecular weight excluding hydrogens is 357 g/mol. The highest BCUT2D eigenvalue weighted by Crippen LogP contribution is 2.23. The number of aryl methyl sites for hydroxylation is 2. The highest BCUT2D eigenvalue weighted by Gasteiger charge is 2.09. The number of rotatable bonds is 3. The van der Waals surface area contributed by atoms with Gasteiger partial charge in [-0.05, 0) is 64.7 Å². The van der Waals surface area contributed by atoms with E-state index in [2.05, 4.69) is 21.2 Å². The first-order valence-electron chi connectivity index (χ1n) is 6.37. The lowest BCUT2D eigenvalue weighted by molar-refractivity contribution is 0.0951. The molecule has 2 rings (SSSR count). The van der Waals surface area contributed by atoms with Crippen LogP contribution < -0.4 is 5.32 Å². The maximum atomic E-state index is 13.6. The molecule has 0 aliphatic heterocycles. The van der Waals surface area contributed by atoms with Crippen LogP contribution in [0.25, 0.3) is 0 Å². The molecule has 1 amide bonds. The van der Waals surface area contributed by atoms with Crippen LogP contribution in [0, 0.1) is 19.7 Å². The van der Waals surface area contributed by atoms with Gasteiger partial charge in [0.2, 0.25) is 0 Å². The molecule has 2 aromatic carbocycles. The zero-order valence-electron chi connectivity index (χ0n) is 11.6. The average Bonchev–Trinajstić information content (AvgIpc) is 2.44. The fourth-order valence-corrected chi connectivity index (χ4v) is 2.56. The summed E-state index contributed by atoms with van der Waals surface area (Å²) in [5, 5.41) is 3.36. The van der Waals surface area contributed by atoms with Crippen LogP contribution in [0.15, 0.2) is 34.8 Å². The Kier molecular flexibility index (Phi) is 5.01. The van der Waals surface area contributed by atoms with Crippen LogP contribution in [0.5, 0.6) is 0 Å². The minimum atomic E-state index is -0.202. The molecule has 0 fully saturated rings. The van der Waals surface area contributed by atoms with Crippen LogP contribution in [0.2, 0.25) is 5.02 Å². The summed E-state index contributed by atoms with van der Waals surface area (Å²) in [4.78, 5) is 12.1. The second-order valence-electron chi connectivity index (χ2n) is 4.86. The molecule has 0 atom stereocenters. The predicted octanol–water partition coefficient (Wildman–Crippen LogP) is 4.79. The molecule has 2 nitrogen and oxygen atoms in total.